The van der Waals surface area contributed by atoms with Crippen LogP contribution in [-0.2, 0) is 4.79 Å². The molecule has 0 heterocycles. The van der Waals surface area contributed by atoms with E-state index in [-0.39, 0.29) is 17.9 Å². The van der Waals surface area contributed by atoms with Crippen molar-refractivity contribution in [1.82, 2.24) is 4.90 Å². The van der Waals surface area contributed by atoms with E-state index in [9.17, 15) is 4.79 Å². The van der Waals surface area contributed by atoms with Gasteiger partial charge in [0.15, 0.2) is 0 Å². The van der Waals surface area contributed by atoms with Gasteiger partial charge in [-0.3, -0.25) is 4.79 Å². The number of carbonyl (C=O) groups is 1. The van der Waals surface area contributed by atoms with Crippen molar-refractivity contribution in [3.63, 3.8) is 0 Å². The standard InChI is InChI=1S/C14H26N2OS/c1-11(10-13(15)18)16(2)14(17)12-8-6-4-3-5-7-9-12/h11-12H,3-10H2,1-2H3,(H2,15,18). The van der Waals surface area contributed by atoms with Crippen LogP contribution in [0.25, 0.3) is 0 Å². The summed E-state index contributed by atoms with van der Waals surface area (Å²) in [6.07, 6.45) is 8.96. The Hall–Kier alpha value is -0.640. The van der Waals surface area contributed by atoms with Crippen LogP contribution in [0.15, 0.2) is 0 Å². The van der Waals surface area contributed by atoms with Gasteiger partial charge in [0.25, 0.3) is 0 Å². The zero-order chi connectivity index (χ0) is 13.5. The molecule has 0 aliphatic heterocycles. The van der Waals surface area contributed by atoms with Gasteiger partial charge in [-0.05, 0) is 19.8 Å². The Morgan fingerprint density at radius 2 is 1.78 bits per heavy atom. The molecule has 1 atom stereocenters. The number of carbonyl (C=O) groups excluding carboxylic acids is 1. The summed E-state index contributed by atoms with van der Waals surface area (Å²) in [7, 11) is 1.88. The maximum Gasteiger partial charge on any atom is 0.225 e. The van der Waals surface area contributed by atoms with Crippen LogP contribution in [0.4, 0.5) is 0 Å². The summed E-state index contributed by atoms with van der Waals surface area (Å²) in [5, 5.41) is 0. The maximum atomic E-state index is 12.4. The van der Waals surface area contributed by atoms with Gasteiger partial charge < -0.3 is 10.6 Å². The average Bonchev–Trinajstić information content (AvgIpc) is 2.25. The van der Waals surface area contributed by atoms with Crippen molar-refractivity contribution in [3.05, 3.63) is 0 Å². The molecule has 0 aromatic heterocycles. The van der Waals surface area contributed by atoms with Gasteiger partial charge in [0.05, 0.1) is 4.99 Å². The molecule has 1 saturated carbocycles. The van der Waals surface area contributed by atoms with E-state index in [4.69, 9.17) is 18.0 Å². The van der Waals surface area contributed by atoms with Crippen molar-refractivity contribution in [2.24, 2.45) is 11.7 Å². The monoisotopic (exact) mass is 270 g/mol. The van der Waals surface area contributed by atoms with Gasteiger partial charge in [0.2, 0.25) is 5.91 Å². The third kappa shape index (κ3) is 4.92. The lowest BCUT2D eigenvalue weighted by molar-refractivity contribution is -0.136. The summed E-state index contributed by atoms with van der Waals surface area (Å²) in [6.45, 7) is 2.01. The van der Waals surface area contributed by atoms with E-state index in [1.54, 1.807) is 0 Å². The lowest BCUT2D eigenvalue weighted by Gasteiger charge is -2.29. The molecule has 0 bridgehead atoms. The minimum atomic E-state index is 0.112. The highest BCUT2D eigenvalue weighted by atomic mass is 32.1. The number of amides is 1. The quantitative estimate of drug-likeness (QED) is 0.799. The van der Waals surface area contributed by atoms with Crippen LogP contribution in [0.2, 0.25) is 0 Å². The van der Waals surface area contributed by atoms with Crippen LogP contribution in [-0.4, -0.2) is 28.9 Å². The molecule has 1 aliphatic carbocycles. The second kappa shape index (κ2) is 7.72. The highest BCUT2D eigenvalue weighted by molar-refractivity contribution is 7.80. The van der Waals surface area contributed by atoms with Gasteiger partial charge in [-0.15, -0.1) is 0 Å². The SMILES string of the molecule is CC(CC(N)=S)N(C)C(=O)C1CCCCCCC1. The van der Waals surface area contributed by atoms with Gasteiger partial charge >= 0.3 is 0 Å². The third-order valence-electron chi connectivity index (χ3n) is 3.96. The van der Waals surface area contributed by atoms with Crippen LogP contribution in [0.5, 0.6) is 0 Å². The molecule has 0 radical (unpaired) electrons. The maximum absolute atomic E-state index is 12.4. The van der Waals surface area contributed by atoms with Crippen LogP contribution in [0.1, 0.15) is 58.3 Å². The van der Waals surface area contributed by atoms with E-state index in [1.807, 2.05) is 18.9 Å². The summed E-state index contributed by atoms with van der Waals surface area (Å²) < 4.78 is 0. The van der Waals surface area contributed by atoms with E-state index in [2.05, 4.69) is 0 Å². The molecule has 2 N–H and O–H groups in total. The van der Waals surface area contributed by atoms with Crippen LogP contribution in [0.3, 0.4) is 0 Å². The lowest BCUT2D eigenvalue weighted by Crippen LogP contribution is -2.41. The Balaban J connectivity index is 2.52. The Kier molecular flexibility index (Phi) is 6.61. The first-order valence-electron chi connectivity index (χ1n) is 7.07. The largest absolute Gasteiger partial charge is 0.393 e. The number of nitrogens with zero attached hydrogens (tertiary/aromatic N) is 1. The molecule has 1 amide bonds. The second-order valence-corrected chi connectivity index (χ2v) is 6.04. The van der Waals surface area contributed by atoms with E-state index in [1.165, 1.54) is 32.1 Å². The molecule has 0 saturated heterocycles. The molecule has 4 heteroatoms. The first-order valence-corrected chi connectivity index (χ1v) is 7.48. The van der Waals surface area contributed by atoms with Crippen molar-refractivity contribution in [1.29, 1.82) is 0 Å². The highest BCUT2D eigenvalue weighted by Crippen LogP contribution is 2.24. The molecule has 1 rings (SSSR count). The zero-order valence-electron chi connectivity index (χ0n) is 11.7. The molecule has 1 unspecified atom stereocenters. The van der Waals surface area contributed by atoms with Crippen LogP contribution >= 0.6 is 12.2 Å². The topological polar surface area (TPSA) is 46.3 Å². The fraction of sp³-hybridized carbons (Fsp3) is 0.857. The minimum absolute atomic E-state index is 0.112. The molecule has 1 fully saturated rings. The Labute approximate surface area is 116 Å². The molecule has 0 aromatic rings. The third-order valence-corrected chi connectivity index (χ3v) is 4.13. The predicted octanol–water partition coefficient (Wildman–Crippen LogP) is 2.87. The molecule has 1 aliphatic rings. The number of hydrogen-bond donors (Lipinski definition) is 1. The molecule has 3 nitrogen and oxygen atoms in total. The van der Waals surface area contributed by atoms with Crippen molar-refractivity contribution in [2.45, 2.75) is 64.3 Å². The van der Waals surface area contributed by atoms with Crippen LogP contribution in [0, 0.1) is 5.92 Å². The molecule has 0 spiro atoms. The fourth-order valence-corrected chi connectivity index (χ4v) is 2.88. The summed E-state index contributed by atoms with van der Waals surface area (Å²) in [6, 6.07) is 0.112. The highest BCUT2D eigenvalue weighted by Gasteiger charge is 2.25. The zero-order valence-corrected chi connectivity index (χ0v) is 12.5. The van der Waals surface area contributed by atoms with Crippen molar-refractivity contribution < 1.29 is 4.79 Å². The van der Waals surface area contributed by atoms with Gasteiger partial charge in [-0.1, -0.05) is 44.3 Å². The summed E-state index contributed by atoms with van der Waals surface area (Å²) in [4.78, 5) is 14.8. The van der Waals surface area contributed by atoms with Crippen molar-refractivity contribution >= 4 is 23.1 Å². The Morgan fingerprint density at radius 1 is 1.28 bits per heavy atom. The van der Waals surface area contributed by atoms with E-state index in [0.29, 0.717) is 11.4 Å². The number of rotatable bonds is 4. The smallest absolute Gasteiger partial charge is 0.225 e. The molecule has 0 aromatic carbocycles. The Bertz CT molecular complexity index is 286. The predicted molar refractivity (Wildman–Crippen MR) is 79.4 cm³/mol. The molecular weight excluding hydrogens is 244 g/mol. The van der Waals surface area contributed by atoms with Gasteiger partial charge in [-0.2, -0.15) is 0 Å². The summed E-state index contributed by atoms with van der Waals surface area (Å²) in [5.74, 6) is 0.491. The average molecular weight is 270 g/mol. The fourth-order valence-electron chi connectivity index (χ4n) is 2.64. The van der Waals surface area contributed by atoms with Crippen molar-refractivity contribution in [3.8, 4) is 0 Å². The Morgan fingerprint density at radius 3 is 2.28 bits per heavy atom. The van der Waals surface area contributed by atoms with Gasteiger partial charge in [0.1, 0.15) is 0 Å². The van der Waals surface area contributed by atoms with Crippen LogP contribution < -0.4 is 5.73 Å². The molecular formula is C14H26N2OS. The van der Waals surface area contributed by atoms with Crippen molar-refractivity contribution in [2.75, 3.05) is 7.05 Å². The first kappa shape index (κ1) is 15.4. The molecule has 18 heavy (non-hydrogen) atoms. The second-order valence-electron chi connectivity index (χ2n) is 5.51. The normalized spacial score (nSPS) is 19.7. The number of thiocarbonyl (C=S) groups is 1. The summed E-state index contributed by atoms with van der Waals surface area (Å²) >= 11 is 4.91. The lowest BCUT2D eigenvalue weighted by atomic mass is 9.90. The first-order chi connectivity index (χ1) is 8.52. The van der Waals surface area contributed by atoms with E-state index >= 15 is 0 Å². The number of nitrogens with two attached hydrogens (primary N) is 1. The van der Waals surface area contributed by atoms with E-state index < -0.39 is 0 Å². The molecule has 104 valence electrons. The van der Waals surface area contributed by atoms with E-state index in [0.717, 1.165) is 12.8 Å². The minimum Gasteiger partial charge on any atom is -0.393 e. The van der Waals surface area contributed by atoms with Gasteiger partial charge in [-0.25, -0.2) is 0 Å². The summed E-state index contributed by atoms with van der Waals surface area (Å²) in [5.41, 5.74) is 5.55. The number of hydrogen-bond acceptors (Lipinski definition) is 2. The van der Waals surface area contributed by atoms with Gasteiger partial charge in [0, 0.05) is 25.4 Å².